The van der Waals surface area contributed by atoms with Gasteiger partial charge in [-0.25, -0.2) is 0 Å². The van der Waals surface area contributed by atoms with Gasteiger partial charge in [0.25, 0.3) is 0 Å². The fraction of sp³-hybridized carbons (Fsp3) is 0.690. The number of carbonyl (C=O) groups is 2. The molecule has 8 nitrogen and oxygen atoms in total. The lowest BCUT2D eigenvalue weighted by Crippen LogP contribution is -2.53. The third-order valence-corrected chi connectivity index (χ3v) is 21.3. The van der Waals surface area contributed by atoms with Gasteiger partial charge in [0.1, 0.15) is 11.5 Å². The van der Waals surface area contributed by atoms with Crippen molar-refractivity contribution in [2.45, 2.75) is 185 Å². The van der Waals surface area contributed by atoms with Crippen LogP contribution in [0.3, 0.4) is 0 Å². The Morgan fingerprint density at radius 1 is 0.652 bits per heavy atom. The highest BCUT2D eigenvalue weighted by molar-refractivity contribution is 5.91. The normalized spacial score (nSPS) is 44.4. The summed E-state index contributed by atoms with van der Waals surface area (Å²) in [5.41, 5.74) is 6.12. The summed E-state index contributed by atoms with van der Waals surface area (Å²) < 4.78 is 5.79. The second-order valence-electron chi connectivity index (χ2n) is 23.9. The second kappa shape index (κ2) is 17.1. The first-order valence-electron chi connectivity index (χ1n) is 26.1. The minimum Gasteiger partial charge on any atom is -0.508 e. The molecule has 66 heavy (non-hydrogen) atoms. The number of ketones is 1. The Bertz CT molecular complexity index is 2290. The third-order valence-electron chi connectivity index (χ3n) is 21.3. The number of aliphatic hydroxyl groups excluding tert-OH is 3. The average Bonchev–Trinajstić information content (AvgIpc) is 3.86. The Labute approximate surface area is 393 Å². The molecule has 0 aliphatic heterocycles. The Balaban J connectivity index is 0.000000117. The van der Waals surface area contributed by atoms with Gasteiger partial charge in [0.05, 0.1) is 18.3 Å². The van der Waals surface area contributed by atoms with Gasteiger partial charge in [-0.3, -0.25) is 9.59 Å². The summed E-state index contributed by atoms with van der Waals surface area (Å²) in [6.07, 6.45) is 26.4. The maximum Gasteiger partial charge on any atom is 0.304 e. The van der Waals surface area contributed by atoms with Gasteiger partial charge < -0.3 is 30.3 Å². The van der Waals surface area contributed by atoms with Gasteiger partial charge in [0.15, 0.2) is 11.4 Å². The number of phenolic OH excluding ortho intramolecular Hbond substituents is 2. The van der Waals surface area contributed by atoms with Gasteiger partial charge in [0.2, 0.25) is 0 Å². The van der Waals surface area contributed by atoms with Crippen LogP contribution in [-0.2, 0) is 27.2 Å². The summed E-state index contributed by atoms with van der Waals surface area (Å²) in [5, 5.41) is 50.3. The molecule has 17 atom stereocenters. The largest absolute Gasteiger partial charge is 0.508 e. The number of aromatic hydroxyl groups is 2. The molecule has 0 bridgehead atoms. The number of hydrogen-bond acceptors (Lipinski definition) is 8. The van der Waals surface area contributed by atoms with E-state index in [-0.39, 0.29) is 28.3 Å². The maximum absolute atomic E-state index is 11.8. The topological polar surface area (TPSA) is 145 Å². The molecule has 0 radical (unpaired) electrons. The number of aliphatic hydroxyl groups is 3. The highest BCUT2D eigenvalue weighted by Gasteiger charge is 2.64. The summed E-state index contributed by atoms with van der Waals surface area (Å²) in [6, 6.07) is 11.8. The number of terminal acetylenes is 1. The van der Waals surface area contributed by atoms with Crippen LogP contribution in [0.15, 0.2) is 48.0 Å². The summed E-state index contributed by atoms with van der Waals surface area (Å²) in [6.45, 7) is 8.22. The molecular formula is C58H76O8. The number of aryl methyl sites for hydroxylation is 2. The Kier molecular flexibility index (Phi) is 11.9. The lowest BCUT2D eigenvalue weighted by molar-refractivity contribution is -0.167. The van der Waals surface area contributed by atoms with Gasteiger partial charge in [-0.05, 0) is 238 Å². The minimum absolute atomic E-state index is 0.0883. The van der Waals surface area contributed by atoms with Crippen molar-refractivity contribution in [3.8, 4) is 23.8 Å². The van der Waals surface area contributed by atoms with Crippen molar-refractivity contribution in [1.29, 1.82) is 0 Å². The van der Waals surface area contributed by atoms with Gasteiger partial charge in [0, 0.05) is 18.8 Å². The van der Waals surface area contributed by atoms with E-state index in [0.717, 1.165) is 102 Å². The van der Waals surface area contributed by atoms with Crippen molar-refractivity contribution < 1.29 is 39.9 Å². The van der Waals surface area contributed by atoms with Crippen LogP contribution >= 0.6 is 0 Å². The average molecular weight is 901 g/mol. The van der Waals surface area contributed by atoms with E-state index in [0.29, 0.717) is 77.0 Å². The lowest BCUT2D eigenvalue weighted by atomic mass is 9.50. The molecule has 10 aliphatic carbocycles. The van der Waals surface area contributed by atoms with E-state index in [4.69, 9.17) is 11.2 Å². The van der Waals surface area contributed by atoms with E-state index in [9.17, 15) is 35.1 Å². The van der Waals surface area contributed by atoms with Gasteiger partial charge >= 0.3 is 5.97 Å². The number of fused-ring (bicyclic) bond motifs is 15. The van der Waals surface area contributed by atoms with Gasteiger partial charge in [-0.15, -0.1) is 6.42 Å². The first-order valence-corrected chi connectivity index (χ1v) is 26.1. The number of benzene rings is 2. The molecule has 356 valence electrons. The molecule has 10 aliphatic rings. The van der Waals surface area contributed by atoms with Crippen LogP contribution in [0, 0.1) is 75.9 Å². The molecule has 0 unspecified atom stereocenters. The zero-order chi connectivity index (χ0) is 46.5. The molecule has 8 heteroatoms. The van der Waals surface area contributed by atoms with Gasteiger partial charge in [-0.1, -0.05) is 44.4 Å². The molecule has 0 saturated heterocycles. The Morgan fingerprint density at radius 2 is 1.27 bits per heavy atom. The third kappa shape index (κ3) is 7.33. The van der Waals surface area contributed by atoms with Gasteiger partial charge in [-0.2, -0.15) is 0 Å². The molecule has 12 rings (SSSR count). The summed E-state index contributed by atoms with van der Waals surface area (Å²) in [5.74, 6) is 9.77. The van der Waals surface area contributed by atoms with E-state index >= 15 is 0 Å². The number of rotatable bonds is 1. The smallest absolute Gasteiger partial charge is 0.304 e. The maximum atomic E-state index is 11.8. The molecule has 5 N–H and O–H groups in total. The number of allylic oxidation sites excluding steroid dienone is 1. The van der Waals surface area contributed by atoms with Crippen molar-refractivity contribution in [1.82, 2.24) is 0 Å². The summed E-state index contributed by atoms with van der Waals surface area (Å²) >= 11 is 0. The summed E-state index contributed by atoms with van der Waals surface area (Å²) in [7, 11) is 0. The van der Waals surface area contributed by atoms with E-state index in [1.165, 1.54) is 54.0 Å². The van der Waals surface area contributed by atoms with Crippen molar-refractivity contribution in [3.63, 3.8) is 0 Å². The number of ether oxygens (including phenoxy) is 1. The van der Waals surface area contributed by atoms with Crippen LogP contribution in [0.2, 0.25) is 0 Å². The van der Waals surface area contributed by atoms with Crippen molar-refractivity contribution >= 4 is 11.8 Å². The Hall–Kier alpha value is -3.64. The van der Waals surface area contributed by atoms with Crippen molar-refractivity contribution in [2.75, 3.05) is 0 Å². The Morgan fingerprint density at radius 3 is 1.91 bits per heavy atom. The van der Waals surface area contributed by atoms with Crippen LogP contribution in [-0.4, -0.2) is 61.2 Å². The first-order chi connectivity index (χ1) is 31.5. The quantitative estimate of drug-likeness (QED) is 0.141. The van der Waals surface area contributed by atoms with Crippen molar-refractivity contribution in [3.05, 3.63) is 70.3 Å². The predicted octanol–water partition coefficient (Wildman–Crippen LogP) is 10.3. The molecular weight excluding hydrogens is 825 g/mol. The van der Waals surface area contributed by atoms with E-state index in [1.807, 2.05) is 24.3 Å². The van der Waals surface area contributed by atoms with Crippen LogP contribution < -0.4 is 0 Å². The summed E-state index contributed by atoms with van der Waals surface area (Å²) in [4.78, 5) is 23.5. The first kappa shape index (κ1) is 46.1. The molecule has 0 heterocycles. The predicted molar refractivity (Wildman–Crippen MR) is 254 cm³/mol. The molecule has 2 aromatic carbocycles. The minimum atomic E-state index is -0.729. The number of esters is 1. The van der Waals surface area contributed by atoms with Crippen molar-refractivity contribution in [2.24, 2.45) is 63.6 Å². The molecule has 0 spiro atoms. The van der Waals surface area contributed by atoms with Crippen LogP contribution in [0.4, 0.5) is 0 Å². The zero-order valence-corrected chi connectivity index (χ0v) is 40.0. The van der Waals surface area contributed by atoms with E-state index in [1.54, 1.807) is 6.07 Å². The number of phenols is 2. The van der Waals surface area contributed by atoms with E-state index in [2.05, 4.69) is 38.8 Å². The van der Waals surface area contributed by atoms with Crippen LogP contribution in [0.5, 0.6) is 11.5 Å². The highest BCUT2D eigenvalue weighted by atomic mass is 16.6. The highest BCUT2D eigenvalue weighted by Crippen LogP contribution is 2.66. The molecule has 2 aromatic rings. The lowest BCUT2D eigenvalue weighted by Gasteiger charge is -2.55. The van der Waals surface area contributed by atoms with E-state index < -0.39 is 17.8 Å². The molecule has 0 amide bonds. The fourth-order valence-corrected chi connectivity index (χ4v) is 18.0. The van der Waals surface area contributed by atoms with Crippen LogP contribution in [0.1, 0.15) is 171 Å². The monoisotopic (exact) mass is 901 g/mol. The molecule has 7 saturated carbocycles. The number of hydrogen-bond donors (Lipinski definition) is 5. The second-order valence-corrected chi connectivity index (χ2v) is 23.9. The molecule has 0 aromatic heterocycles. The fourth-order valence-electron chi connectivity index (χ4n) is 18.0. The SMILES string of the molecule is C#C[C@@]1(OC(C)=O)CC[C@H]2[C@@H]3CCC4=CC(=O)CC[C@@H]4[C@H]3CC[C@]21C.C[C@@]12CC[C@@H]3c4ccc(O)cc4CC[C@H]3[C@@H]1CC[C@@H]2O.C[C@@]12CC[C@@H]3c4ccc(O)cc4CC[C@H]3[C@@H]1C[C@@H](O)[C@@H]2O. The van der Waals surface area contributed by atoms with Crippen LogP contribution in [0.25, 0.3) is 0 Å². The zero-order valence-electron chi connectivity index (χ0n) is 40.0. The standard InChI is InChI=1S/C22H28O3.C18H24O3.C18H24O2/c1-4-22(25-14(2)23)12-10-20-19-7-5-15-13-16(24)6-8-17(15)18(19)9-11-21(20,22)3;1-18-7-6-13-12-5-3-11(19)8-10(12)2-4-14(13)15(18)9-16(20)17(18)21;1-18-9-8-14-13-5-3-12(19)10-11(13)2-4-15(14)16(18)6-7-17(18)20/h1,13,17-20H,5-12H2,2-3H3;3,5,8,13-17,19-21H,2,4,6-7,9H2,1H3;3,5,10,14-17,19-20H,2,4,6-9H2,1H3/t17-,18+,19+,20-,21+,22+;13-,14-,15+,16-,17+,18-;14-,15-,16+,17+,18-/m011/s1. The molecule has 7 fully saturated rings. The number of carbonyl (C=O) groups excluding carboxylic acids is 2.